The van der Waals surface area contributed by atoms with Crippen molar-refractivity contribution in [2.75, 3.05) is 9.80 Å². The number of hydrogen-bond donors (Lipinski definition) is 0. The van der Waals surface area contributed by atoms with Crippen molar-refractivity contribution in [1.29, 1.82) is 0 Å². The first-order valence-electron chi connectivity index (χ1n) is 10.3. The Hall–Kier alpha value is -3.04. The molecule has 8 heteroatoms. The molecule has 0 N–H and O–H groups in total. The highest BCUT2D eigenvalue weighted by Crippen LogP contribution is 2.37. The van der Waals surface area contributed by atoms with E-state index in [2.05, 4.69) is 0 Å². The number of thioether (sulfide) groups is 2. The Morgan fingerprint density at radius 2 is 0.912 bits per heavy atom. The topological polar surface area (TPSA) is 40.6 Å². The highest BCUT2D eigenvalue weighted by molar-refractivity contribution is 8.27. The number of carbonyl (C=O) groups is 2. The third-order valence-electron chi connectivity index (χ3n) is 5.15. The third-order valence-corrected chi connectivity index (χ3v) is 7.75. The van der Waals surface area contributed by atoms with Gasteiger partial charge in [-0.2, -0.15) is 0 Å². The zero-order chi connectivity index (χ0) is 23.7. The summed E-state index contributed by atoms with van der Waals surface area (Å²) in [4.78, 5) is 30.1. The fourth-order valence-corrected chi connectivity index (χ4v) is 6.12. The van der Waals surface area contributed by atoms with Crippen LogP contribution in [0.1, 0.15) is 11.1 Å². The molecule has 2 amide bonds. The maximum absolute atomic E-state index is 12.9. The molecule has 2 aliphatic heterocycles. The zero-order valence-corrected chi connectivity index (χ0v) is 20.8. The molecule has 0 bridgehead atoms. The quantitative estimate of drug-likeness (QED) is 0.291. The first-order chi connectivity index (χ1) is 16.5. The van der Waals surface area contributed by atoms with E-state index >= 15 is 0 Å². The Labute approximate surface area is 216 Å². The van der Waals surface area contributed by atoms with Gasteiger partial charge in [-0.3, -0.25) is 19.4 Å². The van der Waals surface area contributed by atoms with Gasteiger partial charge in [0, 0.05) is 0 Å². The standard InChI is InChI=1S/C26H16N2O2S4/c29-23-21(33-25(31)27(23)19-7-3-1-4-8-19)15-17-11-13-18(14-12-17)16-22-24(30)28(26(32)34-22)20-9-5-2-6-10-20/h1-16H/b21-15+,22-16+. The Kier molecular flexibility index (Phi) is 6.47. The molecule has 0 aliphatic carbocycles. The maximum atomic E-state index is 12.9. The third kappa shape index (κ3) is 4.50. The van der Waals surface area contributed by atoms with Gasteiger partial charge in [-0.1, -0.05) is 109 Å². The minimum Gasteiger partial charge on any atom is -0.268 e. The molecule has 3 aromatic carbocycles. The molecule has 0 unspecified atom stereocenters. The number of benzene rings is 3. The van der Waals surface area contributed by atoms with Crippen LogP contribution in [0.5, 0.6) is 0 Å². The van der Waals surface area contributed by atoms with Crippen LogP contribution in [0, 0.1) is 0 Å². The van der Waals surface area contributed by atoms with Crippen LogP contribution in [0.2, 0.25) is 0 Å². The average Bonchev–Trinajstić information content (AvgIpc) is 3.29. The number of anilines is 2. The van der Waals surface area contributed by atoms with Gasteiger partial charge in [-0.15, -0.1) is 0 Å². The van der Waals surface area contributed by atoms with Crippen LogP contribution in [0.4, 0.5) is 11.4 Å². The van der Waals surface area contributed by atoms with Crippen molar-refractivity contribution in [3.63, 3.8) is 0 Å². The van der Waals surface area contributed by atoms with E-state index in [-0.39, 0.29) is 11.8 Å². The monoisotopic (exact) mass is 516 g/mol. The van der Waals surface area contributed by atoms with Crippen molar-refractivity contribution in [2.24, 2.45) is 0 Å². The van der Waals surface area contributed by atoms with Crippen molar-refractivity contribution in [1.82, 2.24) is 0 Å². The number of carbonyl (C=O) groups excluding carboxylic acids is 2. The highest BCUT2D eigenvalue weighted by Gasteiger charge is 2.34. The van der Waals surface area contributed by atoms with Crippen LogP contribution in [0.15, 0.2) is 94.7 Å². The Morgan fingerprint density at radius 3 is 1.26 bits per heavy atom. The lowest BCUT2D eigenvalue weighted by Crippen LogP contribution is -2.27. The first kappa shape index (κ1) is 22.7. The van der Waals surface area contributed by atoms with E-state index in [1.165, 1.54) is 23.5 Å². The van der Waals surface area contributed by atoms with Gasteiger partial charge in [0.25, 0.3) is 11.8 Å². The average molecular weight is 517 g/mol. The highest BCUT2D eigenvalue weighted by atomic mass is 32.2. The molecule has 2 saturated heterocycles. The summed E-state index contributed by atoms with van der Waals surface area (Å²) >= 11 is 13.4. The summed E-state index contributed by atoms with van der Waals surface area (Å²) < 4.78 is 1.03. The molecule has 2 heterocycles. The van der Waals surface area contributed by atoms with Crippen LogP contribution in [0.3, 0.4) is 0 Å². The molecular weight excluding hydrogens is 501 g/mol. The lowest BCUT2D eigenvalue weighted by Gasteiger charge is -2.13. The van der Waals surface area contributed by atoms with Gasteiger partial charge < -0.3 is 0 Å². The van der Waals surface area contributed by atoms with E-state index in [9.17, 15) is 9.59 Å². The lowest BCUT2D eigenvalue weighted by molar-refractivity contribution is -0.114. The van der Waals surface area contributed by atoms with E-state index in [0.29, 0.717) is 18.5 Å². The van der Waals surface area contributed by atoms with E-state index in [0.717, 1.165) is 22.5 Å². The molecule has 0 spiro atoms. The molecule has 166 valence electrons. The number of nitrogens with zero attached hydrogens (tertiary/aromatic N) is 2. The lowest BCUT2D eigenvalue weighted by atomic mass is 10.1. The van der Waals surface area contributed by atoms with Gasteiger partial charge >= 0.3 is 0 Å². The molecule has 0 atom stereocenters. The second kappa shape index (κ2) is 9.68. The van der Waals surface area contributed by atoms with Crippen molar-refractivity contribution in [2.45, 2.75) is 0 Å². The summed E-state index contributed by atoms with van der Waals surface area (Å²) in [5, 5.41) is 0. The summed E-state index contributed by atoms with van der Waals surface area (Å²) in [6.07, 6.45) is 3.67. The predicted octanol–water partition coefficient (Wildman–Crippen LogP) is 6.50. The van der Waals surface area contributed by atoms with Crippen LogP contribution in [-0.2, 0) is 9.59 Å². The minimum absolute atomic E-state index is 0.130. The van der Waals surface area contributed by atoms with Crippen molar-refractivity contribution in [3.8, 4) is 0 Å². The minimum atomic E-state index is -0.130. The summed E-state index contributed by atoms with van der Waals surface area (Å²) in [5.74, 6) is -0.260. The van der Waals surface area contributed by atoms with E-state index < -0.39 is 0 Å². The van der Waals surface area contributed by atoms with Gasteiger partial charge in [-0.25, -0.2) is 0 Å². The zero-order valence-electron chi connectivity index (χ0n) is 17.6. The fraction of sp³-hybridized carbons (Fsp3) is 0. The summed E-state index contributed by atoms with van der Waals surface area (Å²) in [7, 11) is 0. The van der Waals surface area contributed by atoms with Crippen molar-refractivity contribution >= 4 is 91.9 Å². The van der Waals surface area contributed by atoms with Crippen molar-refractivity contribution < 1.29 is 9.59 Å². The van der Waals surface area contributed by atoms with Gasteiger partial charge in [0.1, 0.15) is 0 Å². The van der Waals surface area contributed by atoms with Crippen molar-refractivity contribution in [3.05, 3.63) is 106 Å². The largest absolute Gasteiger partial charge is 0.270 e. The van der Waals surface area contributed by atoms with Crippen LogP contribution in [0.25, 0.3) is 12.2 Å². The van der Waals surface area contributed by atoms with E-state index in [4.69, 9.17) is 24.4 Å². The summed E-state index contributed by atoms with van der Waals surface area (Å²) in [6.45, 7) is 0. The molecular formula is C26H16N2O2S4. The molecule has 0 radical (unpaired) electrons. The second-order valence-corrected chi connectivity index (χ2v) is 10.7. The Balaban J connectivity index is 1.34. The number of rotatable bonds is 4. The maximum Gasteiger partial charge on any atom is 0.270 e. The number of thiocarbonyl (C=S) groups is 2. The summed E-state index contributed by atoms with van der Waals surface area (Å²) in [6, 6.07) is 26.4. The Bertz CT molecular complexity index is 1260. The molecule has 2 fully saturated rings. The smallest absolute Gasteiger partial charge is 0.268 e. The summed E-state index contributed by atoms with van der Waals surface area (Å²) in [5.41, 5.74) is 3.28. The molecule has 4 nitrogen and oxygen atoms in total. The SMILES string of the molecule is O=C1/C(=C\c2ccc(/C=C3/SC(=S)N(c4ccccc4)C3=O)cc2)SC(=S)N1c1ccccc1. The molecule has 3 aromatic rings. The van der Waals surface area contributed by atoms with Gasteiger partial charge in [-0.05, 0) is 47.5 Å². The Morgan fingerprint density at radius 1 is 0.559 bits per heavy atom. The van der Waals surface area contributed by atoms with Gasteiger partial charge in [0.05, 0.1) is 21.2 Å². The number of para-hydroxylation sites is 2. The normalized spacial score (nSPS) is 18.6. The molecule has 5 rings (SSSR count). The molecule has 0 aromatic heterocycles. The predicted molar refractivity (Wildman–Crippen MR) is 151 cm³/mol. The van der Waals surface area contributed by atoms with Gasteiger partial charge in [0.2, 0.25) is 0 Å². The molecule has 34 heavy (non-hydrogen) atoms. The van der Waals surface area contributed by atoms with Crippen LogP contribution >= 0.6 is 48.0 Å². The first-order valence-corrected chi connectivity index (χ1v) is 12.7. The van der Waals surface area contributed by atoms with E-state index in [1.807, 2.05) is 97.1 Å². The molecule has 0 saturated carbocycles. The van der Waals surface area contributed by atoms with Crippen LogP contribution < -0.4 is 9.80 Å². The number of amides is 2. The molecule has 2 aliphatic rings. The number of hydrogen-bond acceptors (Lipinski definition) is 6. The van der Waals surface area contributed by atoms with Crippen LogP contribution in [-0.4, -0.2) is 20.5 Å². The second-order valence-electron chi connectivity index (χ2n) is 7.37. The fourth-order valence-electron chi connectivity index (χ4n) is 3.53. The van der Waals surface area contributed by atoms with Gasteiger partial charge in [0.15, 0.2) is 8.64 Å². The van der Waals surface area contributed by atoms with E-state index in [1.54, 1.807) is 9.80 Å².